The monoisotopic (exact) mass is 339 g/mol. The van der Waals surface area contributed by atoms with Crippen LogP contribution in [0.15, 0.2) is 22.7 Å². The van der Waals surface area contributed by atoms with Crippen LogP contribution in [0.4, 0.5) is 0 Å². The number of hydrogen-bond acceptors (Lipinski definition) is 2. The zero-order chi connectivity index (χ0) is 15.1. The van der Waals surface area contributed by atoms with Crippen molar-refractivity contribution in [3.63, 3.8) is 0 Å². The average Bonchev–Trinajstić information content (AvgIpc) is 2.54. The first-order valence-corrected chi connectivity index (χ1v) is 8.10. The van der Waals surface area contributed by atoms with Gasteiger partial charge in [0.25, 0.3) is 0 Å². The molecule has 0 radical (unpaired) electrons. The van der Waals surface area contributed by atoms with Crippen LogP contribution in [0.2, 0.25) is 0 Å². The minimum absolute atomic E-state index is 0.0560. The summed E-state index contributed by atoms with van der Waals surface area (Å²) in [4.78, 5) is 0. The van der Waals surface area contributed by atoms with Gasteiger partial charge in [-0.15, -0.1) is 0 Å². The molecule has 2 atom stereocenters. The van der Waals surface area contributed by atoms with Gasteiger partial charge in [-0.25, -0.2) is 0 Å². The van der Waals surface area contributed by atoms with Crippen LogP contribution in [0.3, 0.4) is 0 Å². The van der Waals surface area contributed by atoms with Gasteiger partial charge in [0.05, 0.1) is 11.2 Å². The molecule has 1 N–H and O–H groups in total. The summed E-state index contributed by atoms with van der Waals surface area (Å²) in [5, 5.41) is 3.51. The fraction of sp³-hybridized carbons (Fsp3) is 0.647. The van der Waals surface area contributed by atoms with Gasteiger partial charge in [0.15, 0.2) is 0 Å². The highest BCUT2D eigenvalue weighted by molar-refractivity contribution is 9.10. The smallest absolute Gasteiger partial charge is 0.0681 e. The first-order chi connectivity index (χ1) is 9.18. The van der Waals surface area contributed by atoms with E-state index in [2.05, 4.69) is 74.1 Å². The van der Waals surface area contributed by atoms with Gasteiger partial charge in [-0.05, 0) is 59.2 Å². The summed E-state index contributed by atoms with van der Waals surface area (Å²) < 4.78 is 7.48. The Kier molecular flexibility index (Phi) is 4.35. The van der Waals surface area contributed by atoms with Crippen LogP contribution in [-0.4, -0.2) is 18.2 Å². The normalized spacial score (nSPS) is 25.6. The van der Waals surface area contributed by atoms with Crippen LogP contribution in [-0.2, 0) is 4.74 Å². The number of ether oxygens (including phenoxy) is 1. The van der Waals surface area contributed by atoms with Gasteiger partial charge < -0.3 is 10.1 Å². The van der Waals surface area contributed by atoms with Crippen LogP contribution in [0, 0.1) is 12.8 Å². The summed E-state index contributed by atoms with van der Waals surface area (Å²) in [5.74, 6) is 0.445. The molecule has 20 heavy (non-hydrogen) atoms. The van der Waals surface area contributed by atoms with E-state index in [4.69, 9.17) is 4.74 Å². The Hall–Kier alpha value is -0.380. The largest absolute Gasteiger partial charge is 0.369 e. The Bertz CT molecular complexity index is 496. The molecule has 0 aromatic heterocycles. The second-order valence-corrected chi connectivity index (χ2v) is 7.81. The first-order valence-electron chi connectivity index (χ1n) is 7.30. The van der Waals surface area contributed by atoms with E-state index in [0.29, 0.717) is 12.0 Å². The Morgan fingerprint density at radius 3 is 2.45 bits per heavy atom. The summed E-state index contributed by atoms with van der Waals surface area (Å²) >= 11 is 3.75. The SMILES string of the molecule is CNC(c1cccc(C)c1Br)C1CC(C)(C)OC1(C)C. The molecule has 1 aliphatic heterocycles. The third kappa shape index (κ3) is 2.95. The van der Waals surface area contributed by atoms with Gasteiger partial charge in [0.1, 0.15) is 0 Å². The number of nitrogens with one attached hydrogen (secondary N) is 1. The van der Waals surface area contributed by atoms with Gasteiger partial charge in [0.2, 0.25) is 0 Å². The number of aryl methyl sites for hydroxylation is 1. The van der Waals surface area contributed by atoms with Gasteiger partial charge in [-0.3, -0.25) is 0 Å². The third-order valence-corrected chi connectivity index (χ3v) is 5.50. The van der Waals surface area contributed by atoms with E-state index in [0.717, 1.165) is 6.42 Å². The van der Waals surface area contributed by atoms with Gasteiger partial charge in [0, 0.05) is 16.4 Å². The molecule has 0 bridgehead atoms. The molecule has 112 valence electrons. The molecule has 1 fully saturated rings. The molecular formula is C17H26BrNO. The standard InChI is InChI=1S/C17H26BrNO/c1-11-8-7-9-12(14(11)18)15(19-6)13-10-16(2,3)20-17(13,4)5/h7-9,13,15,19H,10H2,1-6H3. The molecular weight excluding hydrogens is 314 g/mol. The second-order valence-electron chi connectivity index (χ2n) is 7.02. The van der Waals surface area contributed by atoms with Gasteiger partial charge >= 0.3 is 0 Å². The van der Waals surface area contributed by atoms with Gasteiger partial charge in [-0.1, -0.05) is 34.1 Å². The summed E-state index contributed by atoms with van der Waals surface area (Å²) in [6.07, 6.45) is 1.06. The molecule has 1 aromatic carbocycles. The van der Waals surface area contributed by atoms with Crippen molar-refractivity contribution in [3.8, 4) is 0 Å². The predicted octanol–water partition coefficient (Wildman–Crippen LogP) is 4.61. The Balaban J connectivity index is 2.40. The van der Waals surface area contributed by atoms with Crippen molar-refractivity contribution < 1.29 is 4.74 Å². The molecule has 1 heterocycles. The quantitative estimate of drug-likeness (QED) is 0.867. The van der Waals surface area contributed by atoms with Crippen molar-refractivity contribution in [1.29, 1.82) is 0 Å². The zero-order valence-corrected chi connectivity index (χ0v) is 15.0. The Morgan fingerprint density at radius 2 is 1.95 bits per heavy atom. The lowest BCUT2D eigenvalue weighted by Gasteiger charge is -2.33. The minimum atomic E-state index is -0.125. The van der Waals surface area contributed by atoms with Crippen molar-refractivity contribution in [3.05, 3.63) is 33.8 Å². The molecule has 1 saturated heterocycles. The Morgan fingerprint density at radius 1 is 1.30 bits per heavy atom. The molecule has 2 rings (SSSR count). The van der Waals surface area contributed by atoms with E-state index in [1.165, 1.54) is 15.6 Å². The highest BCUT2D eigenvalue weighted by Crippen LogP contribution is 2.48. The maximum atomic E-state index is 6.27. The molecule has 2 nitrogen and oxygen atoms in total. The second kappa shape index (κ2) is 5.43. The van der Waals surface area contributed by atoms with E-state index in [1.807, 2.05) is 7.05 Å². The summed E-state index contributed by atoms with van der Waals surface area (Å²) in [7, 11) is 2.04. The highest BCUT2D eigenvalue weighted by atomic mass is 79.9. The number of rotatable bonds is 3. The van der Waals surface area contributed by atoms with Crippen LogP contribution < -0.4 is 5.32 Å². The maximum Gasteiger partial charge on any atom is 0.0681 e. The first kappa shape index (κ1) is 16.0. The van der Waals surface area contributed by atoms with Crippen molar-refractivity contribution >= 4 is 15.9 Å². The molecule has 1 aromatic rings. The molecule has 2 unspecified atom stereocenters. The fourth-order valence-electron chi connectivity index (χ4n) is 3.61. The Labute approximate surface area is 131 Å². The zero-order valence-electron chi connectivity index (χ0n) is 13.4. The van der Waals surface area contributed by atoms with Crippen molar-refractivity contribution in [1.82, 2.24) is 5.32 Å². The summed E-state index contributed by atoms with van der Waals surface area (Å²) in [5.41, 5.74) is 2.42. The molecule has 0 amide bonds. The van der Waals surface area contributed by atoms with Crippen molar-refractivity contribution in [2.45, 2.75) is 58.3 Å². The van der Waals surface area contributed by atoms with Crippen molar-refractivity contribution in [2.75, 3.05) is 7.05 Å². The van der Waals surface area contributed by atoms with E-state index < -0.39 is 0 Å². The van der Waals surface area contributed by atoms with Crippen LogP contribution >= 0.6 is 15.9 Å². The highest BCUT2D eigenvalue weighted by Gasteiger charge is 2.49. The van der Waals surface area contributed by atoms with Crippen LogP contribution in [0.1, 0.15) is 51.3 Å². The van der Waals surface area contributed by atoms with Crippen LogP contribution in [0.25, 0.3) is 0 Å². The fourth-order valence-corrected chi connectivity index (χ4v) is 4.12. The molecule has 0 saturated carbocycles. The third-order valence-electron chi connectivity index (χ3n) is 4.41. The molecule has 0 aliphatic carbocycles. The lowest BCUT2D eigenvalue weighted by molar-refractivity contribution is -0.0777. The number of halogens is 1. The van der Waals surface area contributed by atoms with Gasteiger partial charge in [-0.2, -0.15) is 0 Å². The van der Waals surface area contributed by atoms with Crippen molar-refractivity contribution in [2.24, 2.45) is 5.92 Å². The average molecular weight is 340 g/mol. The number of hydrogen-bond donors (Lipinski definition) is 1. The predicted molar refractivity (Wildman–Crippen MR) is 88.0 cm³/mol. The summed E-state index contributed by atoms with van der Waals surface area (Å²) in [6, 6.07) is 6.77. The molecule has 0 spiro atoms. The van der Waals surface area contributed by atoms with E-state index in [-0.39, 0.29) is 11.2 Å². The topological polar surface area (TPSA) is 21.3 Å². The van der Waals surface area contributed by atoms with E-state index in [1.54, 1.807) is 0 Å². The lowest BCUT2D eigenvalue weighted by Crippen LogP contribution is -2.37. The maximum absolute atomic E-state index is 6.27. The minimum Gasteiger partial charge on any atom is -0.369 e. The van der Waals surface area contributed by atoms with E-state index in [9.17, 15) is 0 Å². The molecule has 3 heteroatoms. The lowest BCUT2D eigenvalue weighted by atomic mass is 9.79. The van der Waals surface area contributed by atoms with Crippen LogP contribution in [0.5, 0.6) is 0 Å². The number of benzene rings is 1. The summed E-state index contributed by atoms with van der Waals surface area (Å²) in [6.45, 7) is 10.9. The molecule has 1 aliphatic rings. The van der Waals surface area contributed by atoms with E-state index >= 15 is 0 Å².